The molecular weight excluding hydrogens is 612 g/mol. The average Bonchev–Trinajstić information content (AvgIpc) is 3.26. The Morgan fingerprint density at radius 1 is 0.929 bits per heavy atom. The third-order valence-electron chi connectivity index (χ3n) is 7.76. The van der Waals surface area contributed by atoms with E-state index in [4.69, 9.17) is 14.2 Å². The van der Waals surface area contributed by atoms with Gasteiger partial charge in [0.2, 0.25) is 0 Å². The van der Waals surface area contributed by atoms with E-state index in [-0.39, 0.29) is 12.2 Å². The van der Waals surface area contributed by atoms with Crippen LogP contribution in [-0.2, 0) is 4.74 Å². The monoisotopic (exact) mass is 648 g/mol. The third kappa shape index (κ3) is 6.61. The Bertz CT molecular complexity index is 1550. The number of amides is 1. The first kappa shape index (κ1) is 29.0. The molecule has 0 saturated carbocycles. The fourth-order valence-corrected chi connectivity index (χ4v) is 6.99. The summed E-state index contributed by atoms with van der Waals surface area (Å²) in [6.45, 7) is 11.3. The van der Waals surface area contributed by atoms with Gasteiger partial charge < -0.3 is 19.1 Å². The highest BCUT2D eigenvalue weighted by Crippen LogP contribution is 2.46. The highest BCUT2D eigenvalue weighted by Gasteiger charge is 2.38. The van der Waals surface area contributed by atoms with E-state index in [2.05, 4.69) is 70.2 Å². The van der Waals surface area contributed by atoms with Crippen LogP contribution in [0.5, 0.6) is 17.2 Å². The predicted molar refractivity (Wildman–Crippen MR) is 173 cm³/mol. The Kier molecular flexibility index (Phi) is 8.22. The molecule has 3 aromatic carbocycles. The number of thiophene rings is 1. The quantitative estimate of drug-likeness (QED) is 0.209. The summed E-state index contributed by atoms with van der Waals surface area (Å²) in [5, 5.41) is 1.12. The lowest BCUT2D eigenvalue weighted by atomic mass is 10.0. The fraction of sp³-hybridized carbons (Fsp3) is 0.382. The van der Waals surface area contributed by atoms with Gasteiger partial charge in [0.05, 0.1) is 4.88 Å². The Morgan fingerprint density at radius 2 is 1.60 bits per heavy atom. The van der Waals surface area contributed by atoms with Crippen LogP contribution >= 0.6 is 27.3 Å². The number of hydrogen-bond acceptors (Lipinski definition) is 6. The van der Waals surface area contributed by atoms with Gasteiger partial charge in [-0.15, -0.1) is 11.3 Å². The molecule has 0 radical (unpaired) electrons. The molecular formula is C34H37BrN2O4S. The number of carbonyl (C=O) groups excluding carboxylic acids is 1. The molecule has 0 unspecified atom stereocenters. The van der Waals surface area contributed by atoms with Gasteiger partial charge >= 0.3 is 6.09 Å². The zero-order valence-electron chi connectivity index (χ0n) is 24.6. The largest absolute Gasteiger partial charge is 0.490 e. The van der Waals surface area contributed by atoms with Crippen molar-refractivity contribution in [3.05, 3.63) is 76.8 Å². The van der Waals surface area contributed by atoms with Gasteiger partial charge in [-0.25, -0.2) is 4.79 Å². The fourth-order valence-electron chi connectivity index (χ4n) is 5.49. The summed E-state index contributed by atoms with van der Waals surface area (Å²) in [6.07, 6.45) is 1.91. The number of aryl methyl sites for hydroxylation is 1. The number of benzene rings is 3. The Balaban J connectivity index is 1.05. The van der Waals surface area contributed by atoms with Crippen LogP contribution in [0, 0.1) is 6.92 Å². The summed E-state index contributed by atoms with van der Waals surface area (Å²) >= 11 is 5.31. The van der Waals surface area contributed by atoms with Gasteiger partial charge in [0.25, 0.3) is 0 Å². The Morgan fingerprint density at radius 3 is 2.26 bits per heavy atom. The zero-order chi connectivity index (χ0) is 29.4. The first-order valence-corrected chi connectivity index (χ1v) is 16.2. The second-order valence-electron chi connectivity index (χ2n) is 12.2. The molecule has 4 aromatic rings. The topological polar surface area (TPSA) is 51.2 Å². The number of halogens is 1. The summed E-state index contributed by atoms with van der Waals surface area (Å²) in [5.41, 5.74) is 1.92. The summed E-state index contributed by atoms with van der Waals surface area (Å²) in [4.78, 5) is 17.7. The molecule has 3 heterocycles. The second kappa shape index (κ2) is 11.9. The van der Waals surface area contributed by atoms with E-state index < -0.39 is 5.60 Å². The molecule has 1 amide bonds. The highest BCUT2D eigenvalue weighted by molar-refractivity contribution is 9.10. The van der Waals surface area contributed by atoms with Crippen LogP contribution < -0.4 is 9.47 Å². The minimum Gasteiger partial charge on any atom is -0.490 e. The lowest BCUT2D eigenvalue weighted by Crippen LogP contribution is -2.63. The number of carbonyl (C=O) groups is 1. The molecule has 2 aliphatic rings. The van der Waals surface area contributed by atoms with Gasteiger partial charge in [0.15, 0.2) is 5.75 Å². The van der Waals surface area contributed by atoms with Crippen LogP contribution in [0.25, 0.3) is 20.5 Å². The first-order chi connectivity index (χ1) is 20.1. The molecule has 0 atom stereocenters. The predicted octanol–water partition coefficient (Wildman–Crippen LogP) is 8.89. The molecule has 0 spiro atoms. The molecule has 8 heteroatoms. The lowest BCUT2D eigenvalue weighted by Gasteiger charge is -2.47. The highest BCUT2D eigenvalue weighted by atomic mass is 79.9. The van der Waals surface area contributed by atoms with E-state index >= 15 is 0 Å². The number of likely N-dealkylation sites (tertiary alicyclic amines) is 2. The van der Waals surface area contributed by atoms with E-state index in [0.29, 0.717) is 6.04 Å². The average molecular weight is 650 g/mol. The van der Waals surface area contributed by atoms with Crippen molar-refractivity contribution >= 4 is 43.4 Å². The number of ether oxygens (including phenoxy) is 3. The van der Waals surface area contributed by atoms with Crippen LogP contribution in [0.2, 0.25) is 0 Å². The molecule has 42 heavy (non-hydrogen) atoms. The van der Waals surface area contributed by atoms with E-state index in [0.717, 1.165) is 76.6 Å². The maximum absolute atomic E-state index is 12.3. The van der Waals surface area contributed by atoms with Gasteiger partial charge in [-0.1, -0.05) is 34.1 Å². The van der Waals surface area contributed by atoms with Crippen molar-refractivity contribution in [2.75, 3.05) is 26.2 Å². The van der Waals surface area contributed by atoms with E-state index in [1.165, 1.54) is 10.3 Å². The molecule has 0 N–H and O–H groups in total. The first-order valence-electron chi connectivity index (χ1n) is 14.6. The van der Waals surface area contributed by atoms with Crippen molar-refractivity contribution in [2.45, 2.75) is 58.3 Å². The normalized spacial score (nSPS) is 16.8. The summed E-state index contributed by atoms with van der Waals surface area (Å²) < 4.78 is 20.7. The third-order valence-corrected chi connectivity index (χ3v) is 9.47. The van der Waals surface area contributed by atoms with E-state index in [9.17, 15) is 4.79 Å². The van der Waals surface area contributed by atoms with Gasteiger partial charge in [-0.3, -0.25) is 4.90 Å². The van der Waals surface area contributed by atoms with Crippen LogP contribution in [-0.4, -0.2) is 59.8 Å². The number of hydrogen-bond donors (Lipinski definition) is 0. The van der Waals surface area contributed by atoms with Crippen molar-refractivity contribution in [3.8, 4) is 27.7 Å². The Hall–Kier alpha value is -3.07. The van der Waals surface area contributed by atoms with Gasteiger partial charge in [-0.2, -0.15) is 0 Å². The second-order valence-corrected chi connectivity index (χ2v) is 14.2. The minimum absolute atomic E-state index is 0.183. The molecule has 0 bridgehead atoms. The number of nitrogens with zero attached hydrogens (tertiary/aromatic N) is 2. The van der Waals surface area contributed by atoms with Crippen LogP contribution in [0.15, 0.2) is 71.2 Å². The van der Waals surface area contributed by atoms with Crippen molar-refractivity contribution in [3.63, 3.8) is 0 Å². The number of piperidine rings is 1. The smallest absolute Gasteiger partial charge is 0.410 e. The van der Waals surface area contributed by atoms with Crippen LogP contribution in [0.3, 0.4) is 0 Å². The lowest BCUT2D eigenvalue weighted by molar-refractivity contribution is -0.0262. The minimum atomic E-state index is -0.456. The van der Waals surface area contributed by atoms with Crippen molar-refractivity contribution in [1.82, 2.24) is 9.80 Å². The molecule has 2 fully saturated rings. The SMILES string of the molecule is Cc1ccc2c(Oc3ccc(OC4CCN(C5CN(C(=O)OC(C)(C)C)C5)CC4)cc3)c(-c3ccc(Br)cc3)sc2c1. The zero-order valence-corrected chi connectivity index (χ0v) is 27.0. The molecule has 6 nitrogen and oxygen atoms in total. The summed E-state index contributed by atoms with van der Waals surface area (Å²) in [7, 11) is 0. The molecule has 0 aliphatic carbocycles. The molecule has 2 saturated heterocycles. The maximum Gasteiger partial charge on any atom is 0.410 e. The molecule has 220 valence electrons. The molecule has 2 aliphatic heterocycles. The van der Waals surface area contributed by atoms with Crippen LogP contribution in [0.1, 0.15) is 39.2 Å². The van der Waals surface area contributed by atoms with Crippen molar-refractivity contribution in [1.29, 1.82) is 0 Å². The number of rotatable bonds is 6. The van der Waals surface area contributed by atoms with E-state index in [1.54, 1.807) is 16.2 Å². The van der Waals surface area contributed by atoms with Gasteiger partial charge in [-0.05, 0) is 100 Å². The molecule has 6 rings (SSSR count). The van der Waals surface area contributed by atoms with Crippen molar-refractivity contribution < 1.29 is 19.0 Å². The standard InChI is InChI=1S/C34H37BrN2O4S/c1-22-5-14-29-30(19-22)42-32(23-6-8-24(35)9-7-23)31(29)40-27-12-10-26(11-13-27)39-28-15-17-36(18-16-28)25-20-37(21-25)33(38)41-34(2,3)4/h5-14,19,25,28H,15-18,20-21H2,1-4H3. The Labute approximate surface area is 260 Å². The van der Waals surface area contributed by atoms with Gasteiger partial charge in [0.1, 0.15) is 23.2 Å². The van der Waals surface area contributed by atoms with Crippen LogP contribution in [0.4, 0.5) is 4.79 Å². The van der Waals surface area contributed by atoms with Crippen molar-refractivity contribution in [2.24, 2.45) is 0 Å². The van der Waals surface area contributed by atoms with E-state index in [1.807, 2.05) is 45.0 Å². The summed E-state index contributed by atoms with van der Waals surface area (Å²) in [5.74, 6) is 2.54. The molecule has 1 aromatic heterocycles. The number of fused-ring (bicyclic) bond motifs is 1. The van der Waals surface area contributed by atoms with Gasteiger partial charge in [0, 0.05) is 46.8 Å². The maximum atomic E-state index is 12.3. The summed E-state index contributed by atoms with van der Waals surface area (Å²) in [6, 6.07) is 23.3.